The molecule has 1 aliphatic rings. The van der Waals surface area contributed by atoms with Crippen molar-refractivity contribution < 1.29 is 9.53 Å². The number of cyclic esters (lactones) is 1. The van der Waals surface area contributed by atoms with Crippen LogP contribution in [0.25, 0.3) is 0 Å². The number of hydrogen-bond donors (Lipinski definition) is 1. The lowest BCUT2D eigenvalue weighted by Crippen LogP contribution is -2.17. The van der Waals surface area contributed by atoms with Crippen molar-refractivity contribution in [3.05, 3.63) is 35.9 Å². The Hall–Kier alpha value is -1.69. The average molecular weight is 161 g/mol. The third-order valence-corrected chi connectivity index (χ3v) is 1.72. The van der Waals surface area contributed by atoms with Crippen LogP contribution >= 0.6 is 0 Å². The number of alkyl carbamates (subject to hydrolysis) is 1. The van der Waals surface area contributed by atoms with Crippen LogP contribution in [0.15, 0.2) is 18.2 Å². The van der Waals surface area contributed by atoms with Gasteiger partial charge in [-0.15, -0.1) is 0 Å². The largest absolute Gasteiger partial charge is 0.447 e. The van der Waals surface area contributed by atoms with E-state index in [9.17, 15) is 4.79 Å². The molecule has 1 fully saturated rings. The fourth-order valence-corrected chi connectivity index (χ4v) is 1.12. The molecule has 1 aromatic rings. The number of ether oxygens (including phenoxy) is 1. The first-order chi connectivity index (χ1) is 5.86. The van der Waals surface area contributed by atoms with Gasteiger partial charge in [0.15, 0.2) is 0 Å². The SMILES string of the molecule is O=C1N[C@@H](c2c#cccc2)CO1. The second kappa shape index (κ2) is 2.74. The van der Waals surface area contributed by atoms with Crippen molar-refractivity contribution in [2.45, 2.75) is 6.04 Å². The van der Waals surface area contributed by atoms with Crippen LogP contribution in [0.2, 0.25) is 0 Å². The number of hydrogen-bond acceptors (Lipinski definition) is 2. The predicted molar refractivity (Wildman–Crippen MR) is 41.3 cm³/mol. The van der Waals surface area contributed by atoms with Gasteiger partial charge in [0, 0.05) is 5.56 Å². The van der Waals surface area contributed by atoms with E-state index in [1.54, 1.807) is 6.07 Å². The third kappa shape index (κ3) is 1.19. The fraction of sp³-hybridized carbons (Fsp3) is 0.222. The van der Waals surface area contributed by atoms with Gasteiger partial charge in [-0.1, -0.05) is 18.2 Å². The minimum Gasteiger partial charge on any atom is -0.447 e. The van der Waals surface area contributed by atoms with Crippen LogP contribution in [-0.4, -0.2) is 12.7 Å². The molecule has 2 rings (SSSR count). The highest BCUT2D eigenvalue weighted by Crippen LogP contribution is 2.14. The van der Waals surface area contributed by atoms with E-state index in [0.29, 0.717) is 6.61 Å². The monoisotopic (exact) mass is 161 g/mol. The smallest absolute Gasteiger partial charge is 0.407 e. The molecule has 1 atom stereocenters. The highest BCUT2D eigenvalue weighted by Gasteiger charge is 2.23. The summed E-state index contributed by atoms with van der Waals surface area (Å²) in [5.41, 5.74) is 0.906. The number of rotatable bonds is 1. The minimum absolute atomic E-state index is 0.0602. The molecule has 1 N–H and O–H groups in total. The van der Waals surface area contributed by atoms with Crippen molar-refractivity contribution in [3.63, 3.8) is 0 Å². The molecule has 1 amide bonds. The average Bonchev–Trinajstić information content (AvgIpc) is 2.54. The summed E-state index contributed by atoms with van der Waals surface area (Å²) in [7, 11) is 0. The molecule has 0 bridgehead atoms. The first-order valence-electron chi connectivity index (χ1n) is 3.68. The fourth-order valence-electron chi connectivity index (χ4n) is 1.12. The van der Waals surface area contributed by atoms with Gasteiger partial charge < -0.3 is 10.1 Å². The molecule has 0 unspecified atom stereocenters. The second-order valence-electron chi connectivity index (χ2n) is 2.55. The van der Waals surface area contributed by atoms with Crippen LogP contribution in [0.1, 0.15) is 11.6 Å². The van der Waals surface area contributed by atoms with Gasteiger partial charge in [-0.25, -0.2) is 4.79 Å². The number of amides is 1. The standard InChI is InChI=1S/C9H7NO2/c11-9-10-8(6-12-9)7-4-2-1-3-5-7/h1-2,4,8H,6H2,(H,10,11)/t8-/m1/s1. The summed E-state index contributed by atoms with van der Waals surface area (Å²) < 4.78 is 4.74. The Kier molecular flexibility index (Phi) is 1.60. The predicted octanol–water partition coefficient (Wildman–Crippen LogP) is 1.07. The van der Waals surface area contributed by atoms with Crippen molar-refractivity contribution in [2.24, 2.45) is 0 Å². The lowest BCUT2D eigenvalue weighted by molar-refractivity contribution is 0.177. The molecule has 0 spiro atoms. The highest BCUT2D eigenvalue weighted by molar-refractivity contribution is 5.69. The van der Waals surface area contributed by atoms with Crippen LogP contribution < -0.4 is 5.32 Å². The molecule has 60 valence electrons. The molecule has 1 aromatic carbocycles. The molecule has 1 aliphatic heterocycles. The number of carbonyl (C=O) groups excluding carboxylic acids is 1. The Morgan fingerprint density at radius 1 is 1.67 bits per heavy atom. The third-order valence-electron chi connectivity index (χ3n) is 1.72. The summed E-state index contributed by atoms with van der Waals surface area (Å²) in [5.74, 6) is 0. The van der Waals surface area contributed by atoms with Gasteiger partial charge in [0.2, 0.25) is 0 Å². The zero-order valence-electron chi connectivity index (χ0n) is 6.33. The highest BCUT2D eigenvalue weighted by atomic mass is 16.6. The summed E-state index contributed by atoms with van der Waals surface area (Å²) in [4.78, 5) is 10.7. The Morgan fingerprint density at radius 3 is 3.17 bits per heavy atom. The summed E-state index contributed by atoms with van der Waals surface area (Å²) in [6.07, 6.45) is -0.364. The molecule has 12 heavy (non-hydrogen) atoms. The maximum absolute atomic E-state index is 10.7. The van der Waals surface area contributed by atoms with E-state index in [1.165, 1.54) is 0 Å². The van der Waals surface area contributed by atoms with E-state index in [2.05, 4.69) is 17.4 Å². The summed E-state index contributed by atoms with van der Waals surface area (Å²) in [6.45, 7) is 0.382. The van der Waals surface area contributed by atoms with Crippen molar-refractivity contribution in [2.75, 3.05) is 6.61 Å². The van der Waals surface area contributed by atoms with Gasteiger partial charge in [-0.2, -0.15) is 0 Å². The molecule has 1 heterocycles. The van der Waals surface area contributed by atoms with Gasteiger partial charge in [-0.05, 0) is 12.1 Å². The normalized spacial score (nSPS) is 21.0. The quantitative estimate of drug-likeness (QED) is 0.669. The van der Waals surface area contributed by atoms with Crippen molar-refractivity contribution in [1.29, 1.82) is 0 Å². The molecule has 1 saturated heterocycles. The Morgan fingerprint density at radius 2 is 2.58 bits per heavy atom. The van der Waals surface area contributed by atoms with E-state index in [1.807, 2.05) is 12.1 Å². The van der Waals surface area contributed by atoms with Crippen LogP contribution in [0.5, 0.6) is 0 Å². The molecule has 0 saturated carbocycles. The van der Waals surface area contributed by atoms with Crippen molar-refractivity contribution in [3.8, 4) is 0 Å². The zero-order chi connectivity index (χ0) is 8.39. The Balaban J connectivity index is 2.16. The summed E-state index contributed by atoms with van der Waals surface area (Å²) in [5, 5.41) is 2.66. The topological polar surface area (TPSA) is 38.3 Å². The van der Waals surface area contributed by atoms with E-state index in [-0.39, 0.29) is 12.1 Å². The summed E-state index contributed by atoms with van der Waals surface area (Å²) >= 11 is 0. The van der Waals surface area contributed by atoms with Crippen LogP contribution in [-0.2, 0) is 4.74 Å². The van der Waals surface area contributed by atoms with Gasteiger partial charge in [0.1, 0.15) is 6.61 Å². The lowest BCUT2D eigenvalue weighted by atomic mass is 10.1. The van der Waals surface area contributed by atoms with E-state index < -0.39 is 0 Å². The van der Waals surface area contributed by atoms with Gasteiger partial charge in [0.25, 0.3) is 0 Å². The molecular weight excluding hydrogens is 154 g/mol. The molecule has 3 nitrogen and oxygen atoms in total. The molecule has 0 aromatic heterocycles. The van der Waals surface area contributed by atoms with Crippen LogP contribution in [0.4, 0.5) is 4.79 Å². The van der Waals surface area contributed by atoms with Crippen LogP contribution in [0, 0.1) is 12.1 Å². The maximum atomic E-state index is 10.7. The maximum Gasteiger partial charge on any atom is 0.407 e. The molecule has 0 radical (unpaired) electrons. The van der Waals surface area contributed by atoms with Crippen molar-refractivity contribution >= 4 is 6.09 Å². The second-order valence-corrected chi connectivity index (χ2v) is 2.55. The molecule has 3 heteroatoms. The Bertz CT molecular complexity index is 284. The zero-order valence-corrected chi connectivity index (χ0v) is 6.33. The Labute approximate surface area is 70.3 Å². The van der Waals surface area contributed by atoms with Crippen LogP contribution in [0.3, 0.4) is 0 Å². The molecular formula is C9H7NO2. The van der Waals surface area contributed by atoms with E-state index >= 15 is 0 Å². The number of nitrogens with one attached hydrogen (secondary N) is 1. The lowest BCUT2D eigenvalue weighted by Gasteiger charge is -2.02. The first kappa shape index (κ1) is 6.99. The van der Waals surface area contributed by atoms with E-state index in [0.717, 1.165) is 5.56 Å². The summed E-state index contributed by atoms with van der Waals surface area (Å²) in [6, 6.07) is 11.2. The number of carbonyl (C=O) groups is 1. The first-order valence-corrected chi connectivity index (χ1v) is 3.68. The minimum atomic E-state index is -0.364. The van der Waals surface area contributed by atoms with E-state index in [4.69, 9.17) is 4.74 Å². The van der Waals surface area contributed by atoms with Gasteiger partial charge >= 0.3 is 6.09 Å². The molecule has 0 aliphatic carbocycles. The van der Waals surface area contributed by atoms with Gasteiger partial charge in [0.05, 0.1) is 6.04 Å². The van der Waals surface area contributed by atoms with Crippen molar-refractivity contribution in [1.82, 2.24) is 5.32 Å². The van der Waals surface area contributed by atoms with Gasteiger partial charge in [-0.3, -0.25) is 0 Å².